The molecule has 4 aromatic carbocycles. The second-order valence-corrected chi connectivity index (χ2v) is 10.5. The second kappa shape index (κ2) is 11.3. The van der Waals surface area contributed by atoms with Gasteiger partial charge in [-0.15, -0.1) is 0 Å². The number of hydrogen-bond acceptors (Lipinski definition) is 5. The average molecular weight is 539 g/mol. The lowest BCUT2D eigenvalue weighted by Crippen LogP contribution is -2.36. The summed E-state index contributed by atoms with van der Waals surface area (Å²) in [6.45, 7) is 4.91. The van der Waals surface area contributed by atoms with E-state index in [1.54, 1.807) is 19.2 Å². The zero-order chi connectivity index (χ0) is 27.5. The Labute approximate surface area is 235 Å². The van der Waals surface area contributed by atoms with E-state index in [0.717, 1.165) is 58.8 Å². The molecule has 2 aliphatic rings. The van der Waals surface area contributed by atoms with Gasteiger partial charge in [-0.05, 0) is 40.8 Å². The second-order valence-electron chi connectivity index (χ2n) is 10.5. The Morgan fingerprint density at radius 3 is 2.45 bits per heavy atom. The summed E-state index contributed by atoms with van der Waals surface area (Å²) in [5.74, 6) is 0.577. The van der Waals surface area contributed by atoms with Gasteiger partial charge in [-0.25, -0.2) is 4.39 Å². The number of ether oxygens (including phenoxy) is 3. The monoisotopic (exact) mass is 538 g/mol. The molecular formula is C34H35FN2O3. The Kier molecular flexibility index (Phi) is 7.46. The van der Waals surface area contributed by atoms with E-state index in [9.17, 15) is 4.39 Å². The molecule has 206 valence electrons. The quantitative estimate of drug-likeness (QED) is 0.276. The highest BCUT2D eigenvalue weighted by atomic mass is 19.1. The molecule has 6 heteroatoms. The minimum Gasteiger partial charge on any atom is -0.491 e. The number of hydrogen-bond donors (Lipinski definition) is 0. The van der Waals surface area contributed by atoms with Crippen LogP contribution in [0.25, 0.3) is 16.8 Å². The van der Waals surface area contributed by atoms with E-state index < -0.39 is 5.41 Å². The van der Waals surface area contributed by atoms with Gasteiger partial charge in [0.1, 0.15) is 18.2 Å². The van der Waals surface area contributed by atoms with Crippen molar-refractivity contribution in [3.05, 3.63) is 107 Å². The van der Waals surface area contributed by atoms with Crippen LogP contribution in [0.5, 0.6) is 5.75 Å². The summed E-state index contributed by atoms with van der Waals surface area (Å²) in [6, 6.07) is 26.0. The molecule has 1 unspecified atom stereocenters. The van der Waals surface area contributed by atoms with Crippen LogP contribution in [0.1, 0.15) is 16.7 Å². The van der Waals surface area contributed by atoms with Gasteiger partial charge in [0.15, 0.2) is 0 Å². The van der Waals surface area contributed by atoms with Crippen molar-refractivity contribution in [3.63, 3.8) is 0 Å². The van der Waals surface area contributed by atoms with E-state index >= 15 is 0 Å². The SMILES string of the molecule is COCCN(C)c1ccc(C2(c3cccc(F)c3)C=Cc3c(cc(N4CCOCC4)c4ccccc34)OC2)cc1. The smallest absolute Gasteiger partial charge is 0.129 e. The topological polar surface area (TPSA) is 34.2 Å². The number of likely N-dealkylation sites (N-methyl/N-ethyl adjacent to an activating group) is 1. The molecule has 40 heavy (non-hydrogen) atoms. The maximum absolute atomic E-state index is 14.6. The van der Waals surface area contributed by atoms with Crippen molar-refractivity contribution in [1.29, 1.82) is 0 Å². The van der Waals surface area contributed by atoms with Gasteiger partial charge < -0.3 is 24.0 Å². The largest absolute Gasteiger partial charge is 0.491 e. The zero-order valence-corrected chi connectivity index (χ0v) is 23.1. The normalized spacial score (nSPS) is 18.7. The van der Waals surface area contributed by atoms with Crippen LogP contribution in [0.15, 0.2) is 84.9 Å². The van der Waals surface area contributed by atoms with E-state index in [1.807, 2.05) is 6.07 Å². The van der Waals surface area contributed by atoms with Crippen LogP contribution in [-0.2, 0) is 14.9 Å². The molecule has 6 rings (SSSR count). The van der Waals surface area contributed by atoms with Crippen LogP contribution < -0.4 is 14.5 Å². The van der Waals surface area contributed by atoms with Crippen LogP contribution in [0.2, 0.25) is 0 Å². The van der Waals surface area contributed by atoms with E-state index in [4.69, 9.17) is 14.2 Å². The Hall–Kier alpha value is -3.87. The summed E-state index contributed by atoms with van der Waals surface area (Å²) in [6.07, 6.45) is 4.36. The number of morpholine rings is 1. The molecule has 1 fully saturated rings. The molecule has 0 amide bonds. The lowest BCUT2D eigenvalue weighted by atomic mass is 9.74. The molecule has 0 bridgehead atoms. The third kappa shape index (κ3) is 4.93. The van der Waals surface area contributed by atoms with Crippen molar-refractivity contribution in [3.8, 4) is 5.75 Å². The highest BCUT2D eigenvalue weighted by Gasteiger charge is 2.36. The number of benzene rings is 4. The van der Waals surface area contributed by atoms with E-state index in [-0.39, 0.29) is 5.82 Å². The van der Waals surface area contributed by atoms with Crippen molar-refractivity contribution < 1.29 is 18.6 Å². The fourth-order valence-corrected chi connectivity index (χ4v) is 5.84. The molecule has 2 heterocycles. The molecule has 1 saturated heterocycles. The van der Waals surface area contributed by atoms with Crippen molar-refractivity contribution in [2.24, 2.45) is 0 Å². The Morgan fingerprint density at radius 2 is 1.70 bits per heavy atom. The number of nitrogens with zero attached hydrogens (tertiary/aromatic N) is 2. The third-order valence-corrected chi connectivity index (χ3v) is 8.16. The number of rotatable bonds is 7. The highest BCUT2D eigenvalue weighted by molar-refractivity contribution is 6.02. The first-order valence-corrected chi connectivity index (χ1v) is 13.9. The molecule has 4 aromatic rings. The van der Waals surface area contributed by atoms with Gasteiger partial charge in [-0.1, -0.05) is 60.7 Å². The van der Waals surface area contributed by atoms with Gasteiger partial charge in [0.05, 0.1) is 25.2 Å². The number of anilines is 2. The maximum atomic E-state index is 14.6. The minimum atomic E-state index is -0.676. The Morgan fingerprint density at radius 1 is 0.925 bits per heavy atom. The van der Waals surface area contributed by atoms with Crippen molar-refractivity contribution in [2.45, 2.75) is 5.41 Å². The molecular weight excluding hydrogens is 503 g/mol. The molecule has 2 aliphatic heterocycles. The lowest BCUT2D eigenvalue weighted by molar-refractivity contribution is 0.123. The van der Waals surface area contributed by atoms with Crippen molar-refractivity contribution in [1.82, 2.24) is 0 Å². The first kappa shape index (κ1) is 26.4. The van der Waals surface area contributed by atoms with Crippen LogP contribution in [0.3, 0.4) is 0 Å². The Bertz CT molecular complexity index is 1510. The summed E-state index contributed by atoms with van der Waals surface area (Å²) in [5.41, 5.74) is 4.52. The number of fused-ring (bicyclic) bond motifs is 3. The zero-order valence-electron chi connectivity index (χ0n) is 23.1. The Balaban J connectivity index is 1.45. The third-order valence-electron chi connectivity index (χ3n) is 8.16. The predicted molar refractivity (Wildman–Crippen MR) is 160 cm³/mol. The van der Waals surface area contributed by atoms with Gasteiger partial charge in [0.2, 0.25) is 0 Å². The van der Waals surface area contributed by atoms with Gasteiger partial charge >= 0.3 is 0 Å². The molecule has 5 nitrogen and oxygen atoms in total. The fraction of sp³-hybridized carbons (Fsp3) is 0.294. The van der Waals surface area contributed by atoms with E-state index in [2.05, 4.69) is 83.6 Å². The van der Waals surface area contributed by atoms with Crippen molar-refractivity contribution in [2.75, 3.05) is 70.0 Å². The maximum Gasteiger partial charge on any atom is 0.129 e. The summed E-state index contributed by atoms with van der Waals surface area (Å²) in [7, 11) is 3.77. The molecule has 0 spiro atoms. The molecule has 1 atom stereocenters. The lowest BCUT2D eigenvalue weighted by Gasteiger charge is -2.32. The molecule has 0 N–H and O–H groups in total. The number of methoxy groups -OCH3 is 1. The van der Waals surface area contributed by atoms with Gasteiger partial charge in [-0.2, -0.15) is 0 Å². The first-order chi connectivity index (χ1) is 19.6. The standard InChI is InChI=1S/C34H35FN2O3/c1-36(16-19-38-2)28-12-10-25(11-13-28)34(26-6-5-7-27(35)22-26)15-14-31-29-8-3-4-9-30(29)32(23-33(31)40-24-34)37-17-20-39-21-18-37/h3-15,22-23H,16-21,24H2,1-2H3. The predicted octanol–water partition coefficient (Wildman–Crippen LogP) is 6.29. The fourth-order valence-electron chi connectivity index (χ4n) is 5.84. The van der Waals surface area contributed by atoms with Gasteiger partial charge in [-0.3, -0.25) is 0 Å². The van der Waals surface area contributed by atoms with E-state index in [1.165, 1.54) is 11.5 Å². The van der Waals surface area contributed by atoms with Crippen LogP contribution in [-0.4, -0.2) is 60.2 Å². The first-order valence-electron chi connectivity index (χ1n) is 13.9. The van der Waals surface area contributed by atoms with Crippen LogP contribution in [0.4, 0.5) is 15.8 Å². The summed E-state index contributed by atoms with van der Waals surface area (Å²) >= 11 is 0. The van der Waals surface area contributed by atoms with Crippen molar-refractivity contribution >= 4 is 28.2 Å². The molecule has 0 aromatic heterocycles. The van der Waals surface area contributed by atoms with Gasteiger partial charge in [0.25, 0.3) is 0 Å². The molecule has 0 radical (unpaired) electrons. The van der Waals surface area contributed by atoms with E-state index in [0.29, 0.717) is 26.4 Å². The summed E-state index contributed by atoms with van der Waals surface area (Å²) in [5, 5.41) is 2.33. The van der Waals surface area contributed by atoms with Crippen LogP contribution >= 0.6 is 0 Å². The average Bonchev–Trinajstić information content (AvgIpc) is 3.21. The van der Waals surface area contributed by atoms with Gasteiger partial charge in [0, 0.05) is 62.2 Å². The molecule has 0 aliphatic carbocycles. The highest BCUT2D eigenvalue weighted by Crippen LogP contribution is 2.44. The minimum absolute atomic E-state index is 0.261. The summed E-state index contributed by atoms with van der Waals surface area (Å²) < 4.78 is 32.2. The molecule has 0 saturated carbocycles. The van der Waals surface area contributed by atoms with Crippen LogP contribution in [0, 0.1) is 5.82 Å². The summed E-state index contributed by atoms with van der Waals surface area (Å²) in [4.78, 5) is 4.54. The number of halogens is 1.